The minimum Gasteiger partial charge on any atom is -0.342 e. The summed E-state index contributed by atoms with van der Waals surface area (Å²) in [5.41, 5.74) is 0. The predicted molar refractivity (Wildman–Crippen MR) is 38.2 cm³/mol. The van der Waals surface area contributed by atoms with Gasteiger partial charge in [0, 0.05) is 0 Å². The van der Waals surface area contributed by atoms with E-state index in [4.69, 9.17) is 9.79 Å². The lowest BCUT2D eigenvalue weighted by Gasteiger charge is -1.95. The van der Waals surface area contributed by atoms with Gasteiger partial charge in [-0.3, -0.25) is 0 Å². The first-order valence-electron chi connectivity index (χ1n) is 2.29. The largest absolute Gasteiger partial charge is 0.342 e. The minimum absolute atomic E-state index is 0.791. The van der Waals surface area contributed by atoms with Gasteiger partial charge in [0.1, 0.15) is 0 Å². The molecule has 0 spiro atoms. The van der Waals surface area contributed by atoms with Gasteiger partial charge < -0.3 is 9.79 Å². The maximum atomic E-state index is 8.54. The number of hydrogen-bond donors (Lipinski definition) is 2. The summed E-state index contributed by atoms with van der Waals surface area (Å²) in [4.78, 5) is 17.1. The molecule has 0 saturated carbocycles. The molecule has 0 aromatic carbocycles. The third-order valence-electron chi connectivity index (χ3n) is 0.535. The lowest BCUT2D eigenvalue weighted by atomic mass is 10.5. The second kappa shape index (κ2) is 3.36. The Hall–Kier alpha value is 0.310. The molecule has 0 aliphatic carbocycles. The van der Waals surface area contributed by atoms with E-state index in [1.54, 1.807) is 6.08 Å². The van der Waals surface area contributed by atoms with Crippen LogP contribution in [0.5, 0.6) is 0 Å². The summed E-state index contributed by atoms with van der Waals surface area (Å²) in [5, 5.41) is 0. The average Bonchev–Trinajstić information content (AvgIpc) is 1.59. The van der Waals surface area contributed by atoms with E-state index in [1.807, 2.05) is 6.92 Å². The highest BCUT2D eigenvalue weighted by Crippen LogP contribution is 2.36. The normalized spacial score (nSPS) is 12.9. The molecule has 0 aromatic heterocycles. The Kier molecular flexibility index (Phi) is 3.49. The molecule has 4 heteroatoms. The summed E-state index contributed by atoms with van der Waals surface area (Å²) < 4.78 is 0. The van der Waals surface area contributed by atoms with Crippen LogP contribution in [0.15, 0.2) is 11.9 Å². The van der Waals surface area contributed by atoms with E-state index in [2.05, 4.69) is 11.8 Å². The summed E-state index contributed by atoms with van der Waals surface area (Å²) in [5.74, 6) is 1.28. The molecule has 8 heavy (non-hydrogen) atoms. The summed E-state index contributed by atoms with van der Waals surface area (Å²) in [6.45, 7) is -1.13. The van der Waals surface area contributed by atoms with Gasteiger partial charge in [0.05, 0.1) is 0 Å². The first-order chi connectivity index (χ1) is 3.56. The third kappa shape index (κ3) is 6.31. The van der Waals surface area contributed by atoms with Crippen LogP contribution in [0, 0.1) is 0 Å². The van der Waals surface area contributed by atoms with Gasteiger partial charge in [-0.1, -0.05) is 13.0 Å². The Labute approximate surface area is 54.0 Å². The van der Waals surface area contributed by atoms with Crippen LogP contribution < -0.4 is 0 Å². The fourth-order valence-electron chi connectivity index (χ4n) is 0.243. The SMILES string of the molecule is CCC=CP(O)(O)=S. The molecule has 0 aliphatic rings. The molecular formula is C4H9O2PS. The van der Waals surface area contributed by atoms with Crippen molar-refractivity contribution in [1.29, 1.82) is 0 Å². The van der Waals surface area contributed by atoms with E-state index < -0.39 is 6.49 Å². The predicted octanol–water partition coefficient (Wildman–Crippen LogP) is 1.20. The van der Waals surface area contributed by atoms with Crippen LogP contribution in [0.25, 0.3) is 0 Å². The fraction of sp³-hybridized carbons (Fsp3) is 0.500. The molecule has 0 aliphatic heterocycles. The van der Waals surface area contributed by atoms with Crippen LogP contribution in [0.3, 0.4) is 0 Å². The van der Waals surface area contributed by atoms with E-state index in [0.717, 1.165) is 6.42 Å². The highest BCUT2D eigenvalue weighted by molar-refractivity contribution is 8.10. The second-order valence-corrected chi connectivity index (χ2v) is 4.47. The van der Waals surface area contributed by atoms with Gasteiger partial charge in [-0.25, -0.2) is 0 Å². The molecule has 0 rings (SSSR count). The Morgan fingerprint density at radius 1 is 1.62 bits per heavy atom. The van der Waals surface area contributed by atoms with E-state index in [1.165, 1.54) is 5.82 Å². The Morgan fingerprint density at radius 2 is 2.12 bits per heavy atom. The highest BCUT2D eigenvalue weighted by Gasteiger charge is 1.96. The zero-order chi connectivity index (χ0) is 6.62. The first kappa shape index (κ1) is 8.31. The highest BCUT2D eigenvalue weighted by atomic mass is 32.5. The maximum absolute atomic E-state index is 8.54. The van der Waals surface area contributed by atoms with Crippen LogP contribution in [-0.2, 0) is 11.8 Å². The van der Waals surface area contributed by atoms with Crippen LogP contribution in [0.1, 0.15) is 13.3 Å². The smallest absolute Gasteiger partial charge is 0.206 e. The van der Waals surface area contributed by atoms with Crippen LogP contribution >= 0.6 is 6.49 Å². The zero-order valence-corrected chi connectivity index (χ0v) is 6.32. The fourth-order valence-corrected chi connectivity index (χ4v) is 0.986. The monoisotopic (exact) mass is 152 g/mol. The molecule has 0 amide bonds. The van der Waals surface area contributed by atoms with Gasteiger partial charge in [0.2, 0.25) is 6.49 Å². The lowest BCUT2D eigenvalue weighted by Crippen LogP contribution is -1.66. The van der Waals surface area contributed by atoms with Crippen molar-refractivity contribution in [2.24, 2.45) is 0 Å². The van der Waals surface area contributed by atoms with E-state index in [9.17, 15) is 0 Å². The van der Waals surface area contributed by atoms with Crippen molar-refractivity contribution >= 4 is 18.3 Å². The van der Waals surface area contributed by atoms with Gasteiger partial charge >= 0.3 is 0 Å². The molecule has 0 atom stereocenters. The standard InChI is InChI=1S/C4H9O2PS/c1-2-3-4-7(5,6)8/h3-4H,2H2,1H3,(H2,5,6,8). The molecule has 2 N–H and O–H groups in total. The maximum Gasteiger partial charge on any atom is 0.206 e. The van der Waals surface area contributed by atoms with Crippen molar-refractivity contribution in [3.63, 3.8) is 0 Å². The number of allylic oxidation sites excluding steroid dienone is 1. The second-order valence-electron chi connectivity index (χ2n) is 1.38. The van der Waals surface area contributed by atoms with Gasteiger partial charge in [0.25, 0.3) is 0 Å². The Morgan fingerprint density at radius 3 is 2.25 bits per heavy atom. The van der Waals surface area contributed by atoms with Gasteiger partial charge in [-0.15, -0.1) is 0 Å². The van der Waals surface area contributed by atoms with E-state index in [-0.39, 0.29) is 0 Å². The zero-order valence-electron chi connectivity index (χ0n) is 4.61. The summed E-state index contributed by atoms with van der Waals surface area (Å²) in [6.07, 6.45) is 2.44. The molecule has 48 valence electrons. The van der Waals surface area contributed by atoms with Crippen molar-refractivity contribution in [3.05, 3.63) is 11.9 Å². The van der Waals surface area contributed by atoms with Crippen molar-refractivity contribution in [2.75, 3.05) is 0 Å². The molecule has 0 aromatic rings. The molecular weight excluding hydrogens is 143 g/mol. The van der Waals surface area contributed by atoms with Crippen molar-refractivity contribution < 1.29 is 9.79 Å². The van der Waals surface area contributed by atoms with Crippen LogP contribution in [-0.4, -0.2) is 9.79 Å². The Balaban J connectivity index is 3.71. The van der Waals surface area contributed by atoms with Gasteiger partial charge in [-0.2, -0.15) is 0 Å². The van der Waals surface area contributed by atoms with E-state index in [0.29, 0.717) is 0 Å². The Bertz CT molecular complexity index is 126. The summed E-state index contributed by atoms with van der Waals surface area (Å²) >= 11 is 4.29. The molecule has 0 unspecified atom stereocenters. The van der Waals surface area contributed by atoms with Gasteiger partial charge in [0.15, 0.2) is 0 Å². The summed E-state index contributed by atoms with van der Waals surface area (Å²) in [7, 11) is 0. The first-order valence-corrected chi connectivity index (χ1v) is 5.07. The topological polar surface area (TPSA) is 40.5 Å². The van der Waals surface area contributed by atoms with E-state index >= 15 is 0 Å². The third-order valence-corrected chi connectivity index (χ3v) is 1.50. The van der Waals surface area contributed by atoms with Crippen molar-refractivity contribution in [2.45, 2.75) is 13.3 Å². The molecule has 0 fully saturated rings. The quantitative estimate of drug-likeness (QED) is 0.584. The number of hydrogen-bond acceptors (Lipinski definition) is 1. The van der Waals surface area contributed by atoms with Crippen molar-refractivity contribution in [3.8, 4) is 0 Å². The number of rotatable bonds is 2. The average molecular weight is 152 g/mol. The van der Waals surface area contributed by atoms with Crippen molar-refractivity contribution in [1.82, 2.24) is 0 Å². The molecule has 0 saturated heterocycles. The van der Waals surface area contributed by atoms with Crippen LogP contribution in [0.4, 0.5) is 0 Å². The lowest BCUT2D eigenvalue weighted by molar-refractivity contribution is 0.492. The minimum atomic E-state index is -3.03. The molecule has 0 bridgehead atoms. The molecule has 0 radical (unpaired) electrons. The van der Waals surface area contributed by atoms with Gasteiger partial charge in [-0.05, 0) is 24.0 Å². The summed E-state index contributed by atoms with van der Waals surface area (Å²) in [6, 6.07) is 0. The molecule has 0 heterocycles. The molecule has 2 nitrogen and oxygen atoms in total. The van der Waals surface area contributed by atoms with Crippen LogP contribution in [0.2, 0.25) is 0 Å².